The number of methoxy groups -OCH3 is 1. The molecule has 1 N–H and O–H groups in total. The van der Waals surface area contributed by atoms with E-state index in [0.29, 0.717) is 37.0 Å². The molecule has 0 spiro atoms. The number of ether oxygens (including phenoxy) is 2. The van der Waals surface area contributed by atoms with Crippen LogP contribution in [0.2, 0.25) is 0 Å². The summed E-state index contributed by atoms with van der Waals surface area (Å²) in [6.07, 6.45) is 1.39. The smallest absolute Gasteiger partial charge is 0.246 e. The van der Waals surface area contributed by atoms with Crippen molar-refractivity contribution in [2.45, 2.75) is 45.7 Å². The number of aromatic nitrogens is 1. The first-order valence-electron chi connectivity index (χ1n) is 12.4. The van der Waals surface area contributed by atoms with Crippen LogP contribution in [0, 0.1) is 5.92 Å². The fourth-order valence-electron chi connectivity index (χ4n) is 5.40. The van der Waals surface area contributed by atoms with E-state index in [1.165, 1.54) is 0 Å². The number of nitrogens with one attached hydrogen (secondary N) is 1. The van der Waals surface area contributed by atoms with Gasteiger partial charge < -0.3 is 24.3 Å². The van der Waals surface area contributed by atoms with Gasteiger partial charge >= 0.3 is 0 Å². The molecule has 7 heteroatoms. The van der Waals surface area contributed by atoms with Crippen molar-refractivity contribution in [2.24, 2.45) is 5.92 Å². The van der Waals surface area contributed by atoms with Gasteiger partial charge in [0.25, 0.3) is 0 Å². The molecule has 1 fully saturated rings. The van der Waals surface area contributed by atoms with E-state index in [4.69, 9.17) is 9.47 Å². The van der Waals surface area contributed by atoms with E-state index in [2.05, 4.69) is 24.9 Å². The zero-order valence-electron chi connectivity index (χ0n) is 20.8. The fourth-order valence-corrected chi connectivity index (χ4v) is 5.40. The molecule has 2 aliphatic heterocycles. The largest absolute Gasteiger partial charge is 0.493 e. The summed E-state index contributed by atoms with van der Waals surface area (Å²) in [6, 6.07) is 13.0. The summed E-state index contributed by atoms with van der Waals surface area (Å²) in [4.78, 5) is 34.4. The second kappa shape index (κ2) is 9.29. The predicted molar refractivity (Wildman–Crippen MR) is 135 cm³/mol. The minimum absolute atomic E-state index is 0.0273. The van der Waals surface area contributed by atoms with Crippen LogP contribution in [-0.4, -0.2) is 59.4 Å². The highest BCUT2D eigenvalue weighted by Gasteiger charge is 2.48. The highest BCUT2D eigenvalue weighted by molar-refractivity contribution is 5.97. The molecule has 3 aromatic rings. The van der Waals surface area contributed by atoms with E-state index in [1.54, 1.807) is 16.9 Å². The minimum Gasteiger partial charge on any atom is -0.493 e. The maximum absolute atomic E-state index is 13.7. The van der Waals surface area contributed by atoms with Crippen molar-refractivity contribution in [2.75, 3.05) is 26.8 Å². The van der Waals surface area contributed by atoms with Crippen LogP contribution < -0.4 is 9.47 Å². The minimum atomic E-state index is -0.530. The van der Waals surface area contributed by atoms with Gasteiger partial charge in [-0.05, 0) is 48.6 Å². The Bertz CT molecular complexity index is 1260. The molecule has 0 radical (unpaired) electrons. The first-order valence-corrected chi connectivity index (χ1v) is 12.4. The molecule has 0 bridgehead atoms. The highest BCUT2D eigenvalue weighted by Crippen LogP contribution is 2.44. The lowest BCUT2D eigenvalue weighted by atomic mass is 9.86. The number of carbonyl (C=O) groups excluding carboxylic acids is 2. The molecule has 2 aromatic carbocycles. The molecular formula is C28H33N3O4. The molecule has 7 nitrogen and oxygen atoms in total. The van der Waals surface area contributed by atoms with Crippen molar-refractivity contribution >= 4 is 22.7 Å². The third-order valence-electron chi connectivity index (χ3n) is 7.12. The topological polar surface area (TPSA) is 74.9 Å². The summed E-state index contributed by atoms with van der Waals surface area (Å²) >= 11 is 0. The lowest BCUT2D eigenvalue weighted by Crippen LogP contribution is -2.63. The summed E-state index contributed by atoms with van der Waals surface area (Å²) in [5.41, 5.74) is 3.97. The molecule has 5 rings (SSSR count). The second-order valence-corrected chi connectivity index (χ2v) is 9.77. The van der Waals surface area contributed by atoms with Crippen LogP contribution in [-0.2, 0) is 16.0 Å². The molecule has 0 saturated carbocycles. The molecule has 1 unspecified atom stereocenters. The number of hydrogen-bond donors (Lipinski definition) is 1. The van der Waals surface area contributed by atoms with Crippen molar-refractivity contribution in [3.8, 4) is 11.5 Å². The zero-order valence-corrected chi connectivity index (χ0v) is 20.8. The Morgan fingerprint density at radius 3 is 2.66 bits per heavy atom. The number of aromatic amines is 1. The molecule has 2 atom stereocenters. The second-order valence-electron chi connectivity index (χ2n) is 9.77. The number of amides is 2. The molecule has 1 saturated heterocycles. The average Bonchev–Trinajstić information content (AvgIpc) is 3.23. The van der Waals surface area contributed by atoms with E-state index in [0.717, 1.165) is 34.1 Å². The van der Waals surface area contributed by atoms with Gasteiger partial charge in [0.15, 0.2) is 11.5 Å². The average molecular weight is 476 g/mol. The molecule has 0 aliphatic carbocycles. The van der Waals surface area contributed by atoms with E-state index in [1.807, 2.05) is 43.3 Å². The zero-order chi connectivity index (χ0) is 24.7. The summed E-state index contributed by atoms with van der Waals surface area (Å²) in [7, 11) is 1.61. The number of rotatable bonds is 7. The Balaban J connectivity index is 1.63. The number of fused-ring (bicyclic) bond motifs is 4. The number of piperazine rings is 1. The van der Waals surface area contributed by atoms with Gasteiger partial charge in [0.1, 0.15) is 6.04 Å². The van der Waals surface area contributed by atoms with Gasteiger partial charge in [0, 0.05) is 29.6 Å². The van der Waals surface area contributed by atoms with Crippen molar-refractivity contribution in [3.05, 3.63) is 59.3 Å². The van der Waals surface area contributed by atoms with Crippen LogP contribution in [0.1, 0.15) is 50.1 Å². The Morgan fingerprint density at radius 2 is 1.91 bits per heavy atom. The van der Waals surface area contributed by atoms with E-state index >= 15 is 0 Å². The Kier molecular flexibility index (Phi) is 6.17. The van der Waals surface area contributed by atoms with Crippen molar-refractivity contribution < 1.29 is 19.1 Å². The summed E-state index contributed by atoms with van der Waals surface area (Å²) in [5.74, 6) is 1.73. The molecule has 1 aromatic heterocycles. The Labute approximate surface area is 206 Å². The molecule has 35 heavy (non-hydrogen) atoms. The van der Waals surface area contributed by atoms with Crippen molar-refractivity contribution in [1.29, 1.82) is 0 Å². The number of para-hydroxylation sites is 1. The third-order valence-corrected chi connectivity index (χ3v) is 7.12. The fraction of sp³-hybridized carbons (Fsp3) is 0.429. The highest BCUT2D eigenvalue weighted by atomic mass is 16.5. The van der Waals surface area contributed by atoms with Gasteiger partial charge in [-0.1, -0.05) is 38.1 Å². The third kappa shape index (κ3) is 4.03. The van der Waals surface area contributed by atoms with Gasteiger partial charge in [-0.3, -0.25) is 9.59 Å². The van der Waals surface area contributed by atoms with E-state index in [-0.39, 0.29) is 18.4 Å². The van der Waals surface area contributed by atoms with Gasteiger partial charge in [0.2, 0.25) is 11.8 Å². The van der Waals surface area contributed by atoms with Crippen molar-refractivity contribution in [1.82, 2.24) is 14.8 Å². The molecular weight excluding hydrogens is 442 g/mol. The maximum Gasteiger partial charge on any atom is 0.246 e. The maximum atomic E-state index is 13.7. The SMILES string of the molecule is CCOc1ccc(C2c3[nH]c4ccccc4c3C[C@H]3C(=O)N(CCC(C)C)CC(=O)N23)cc1OC. The number of carbonyl (C=O) groups is 2. The number of hydrogen-bond acceptors (Lipinski definition) is 4. The predicted octanol–water partition coefficient (Wildman–Crippen LogP) is 4.31. The normalized spacial score (nSPS) is 19.8. The van der Waals surface area contributed by atoms with Crippen LogP contribution >= 0.6 is 0 Å². The Hall–Kier alpha value is -3.48. The number of H-pyrrole nitrogens is 1. The summed E-state index contributed by atoms with van der Waals surface area (Å²) in [6.45, 7) is 7.45. The van der Waals surface area contributed by atoms with Crippen LogP contribution in [0.5, 0.6) is 11.5 Å². The molecule has 184 valence electrons. The summed E-state index contributed by atoms with van der Waals surface area (Å²) in [5, 5.41) is 1.10. The van der Waals surface area contributed by atoms with E-state index < -0.39 is 12.1 Å². The van der Waals surface area contributed by atoms with Gasteiger partial charge in [-0.2, -0.15) is 0 Å². The van der Waals surface area contributed by atoms with E-state index in [9.17, 15) is 9.59 Å². The van der Waals surface area contributed by atoms with Crippen LogP contribution in [0.3, 0.4) is 0 Å². The first kappa shape index (κ1) is 23.3. The lowest BCUT2D eigenvalue weighted by Gasteiger charge is -2.47. The monoisotopic (exact) mass is 475 g/mol. The first-order chi connectivity index (χ1) is 16.9. The van der Waals surface area contributed by atoms with Crippen LogP contribution in [0.25, 0.3) is 10.9 Å². The summed E-state index contributed by atoms with van der Waals surface area (Å²) < 4.78 is 11.3. The molecule has 2 amide bonds. The lowest BCUT2D eigenvalue weighted by molar-refractivity contribution is -0.158. The number of nitrogens with zero attached hydrogens (tertiary/aromatic N) is 2. The van der Waals surface area contributed by atoms with Gasteiger partial charge in [0.05, 0.1) is 26.3 Å². The Morgan fingerprint density at radius 1 is 1.11 bits per heavy atom. The molecule has 2 aliphatic rings. The van der Waals surface area contributed by atoms with Gasteiger partial charge in [-0.25, -0.2) is 0 Å². The van der Waals surface area contributed by atoms with Crippen LogP contribution in [0.15, 0.2) is 42.5 Å². The quantitative estimate of drug-likeness (QED) is 0.553. The van der Waals surface area contributed by atoms with Gasteiger partial charge in [-0.15, -0.1) is 0 Å². The number of benzene rings is 2. The van der Waals surface area contributed by atoms with Crippen LogP contribution in [0.4, 0.5) is 0 Å². The molecule has 3 heterocycles. The van der Waals surface area contributed by atoms with Crippen molar-refractivity contribution in [3.63, 3.8) is 0 Å². The standard InChI is InChI=1S/C28H33N3O4/c1-5-35-23-11-10-18(14-24(23)34-4)27-26-20(19-8-6-7-9-21(19)29-26)15-22-28(33)30(13-12-17(2)3)16-25(32)31(22)27/h6-11,14,17,22,27,29H,5,12-13,15-16H2,1-4H3/t22-,27?/m0/s1.